The van der Waals surface area contributed by atoms with Gasteiger partial charge in [-0.1, -0.05) is 6.92 Å². The van der Waals surface area contributed by atoms with Crippen LogP contribution in [0, 0.1) is 0 Å². The fraction of sp³-hybridized carbons (Fsp3) is 0.429. The molecule has 1 aliphatic heterocycles. The summed E-state index contributed by atoms with van der Waals surface area (Å²) in [6.45, 7) is 5.36. The fourth-order valence-electron chi connectivity index (χ4n) is 2.85. The van der Waals surface area contributed by atoms with Crippen LogP contribution in [0.1, 0.15) is 47.0 Å². The molecule has 10 heteroatoms. The summed E-state index contributed by atoms with van der Waals surface area (Å²) in [5.74, 6) is -0.401. The van der Waals surface area contributed by atoms with E-state index in [9.17, 15) is 14.4 Å². The Morgan fingerprint density at radius 3 is 2.58 bits per heavy atom. The number of hydrogen-bond donors (Lipinski definition) is 2. The number of nitrogens with one attached hydrogen (secondary N) is 2. The number of ether oxygens (including phenoxy) is 2. The van der Waals surface area contributed by atoms with E-state index < -0.39 is 11.8 Å². The van der Waals surface area contributed by atoms with Crippen LogP contribution in [0.25, 0.3) is 0 Å². The summed E-state index contributed by atoms with van der Waals surface area (Å²) in [5.41, 5.74) is 5.41. The van der Waals surface area contributed by atoms with Gasteiger partial charge in [0.25, 0.3) is 5.91 Å². The Bertz CT molecular complexity index is 893. The average Bonchev–Trinajstić information content (AvgIpc) is 3.31. The Balaban J connectivity index is 1.40. The zero-order valence-electron chi connectivity index (χ0n) is 17.4. The first kappa shape index (κ1) is 22.7. The van der Waals surface area contributed by atoms with E-state index in [2.05, 4.69) is 20.7 Å². The normalized spacial score (nSPS) is 13.5. The van der Waals surface area contributed by atoms with E-state index in [4.69, 9.17) is 9.47 Å². The molecule has 0 aliphatic carbocycles. The Labute approximate surface area is 184 Å². The van der Waals surface area contributed by atoms with Crippen LogP contribution in [0.2, 0.25) is 0 Å². The zero-order chi connectivity index (χ0) is 22.1. The summed E-state index contributed by atoms with van der Waals surface area (Å²) in [7, 11) is 0. The van der Waals surface area contributed by atoms with E-state index in [1.54, 1.807) is 29.6 Å². The van der Waals surface area contributed by atoms with Gasteiger partial charge in [-0.15, -0.1) is 11.3 Å². The molecule has 0 unspecified atom stereocenters. The van der Waals surface area contributed by atoms with Crippen molar-refractivity contribution in [2.45, 2.75) is 26.2 Å². The van der Waals surface area contributed by atoms with Gasteiger partial charge in [0.15, 0.2) is 10.9 Å². The summed E-state index contributed by atoms with van der Waals surface area (Å²) in [5, 5.41) is 2.39. The predicted molar refractivity (Wildman–Crippen MR) is 117 cm³/mol. The highest BCUT2D eigenvalue weighted by Gasteiger charge is 2.18. The van der Waals surface area contributed by atoms with Crippen molar-refractivity contribution in [2.24, 2.45) is 0 Å². The lowest BCUT2D eigenvalue weighted by Crippen LogP contribution is -2.42. The quantitative estimate of drug-likeness (QED) is 0.449. The number of anilines is 1. The SMILES string of the molecule is CCCOc1ccc(C(=O)CCC(=O)NNC(=O)c2csc(N3CCOCC3)n2)cc1. The fourth-order valence-corrected chi connectivity index (χ4v) is 3.71. The highest BCUT2D eigenvalue weighted by molar-refractivity contribution is 7.13. The van der Waals surface area contributed by atoms with Crippen molar-refractivity contribution in [1.82, 2.24) is 15.8 Å². The monoisotopic (exact) mass is 446 g/mol. The maximum Gasteiger partial charge on any atom is 0.289 e. The number of carbonyl (C=O) groups excluding carboxylic acids is 3. The Kier molecular flexibility index (Phi) is 8.36. The van der Waals surface area contributed by atoms with Crippen LogP contribution in [0.3, 0.4) is 0 Å². The minimum Gasteiger partial charge on any atom is -0.494 e. The Hall–Kier alpha value is -2.98. The molecule has 0 radical (unpaired) electrons. The number of thiazole rings is 1. The largest absolute Gasteiger partial charge is 0.494 e. The summed E-state index contributed by atoms with van der Waals surface area (Å²) in [6, 6.07) is 6.84. The number of rotatable bonds is 9. The van der Waals surface area contributed by atoms with Crippen LogP contribution in [-0.4, -0.2) is 55.5 Å². The molecular formula is C21H26N4O5S. The molecule has 3 rings (SSSR count). The van der Waals surface area contributed by atoms with Crippen LogP contribution in [0.4, 0.5) is 5.13 Å². The van der Waals surface area contributed by atoms with Crippen LogP contribution in [0.15, 0.2) is 29.6 Å². The van der Waals surface area contributed by atoms with Gasteiger partial charge in [-0.05, 0) is 30.7 Å². The first-order chi connectivity index (χ1) is 15.1. The number of hydrogen-bond acceptors (Lipinski definition) is 8. The van der Waals surface area contributed by atoms with E-state index in [-0.39, 0.29) is 24.3 Å². The van der Waals surface area contributed by atoms with Crippen LogP contribution in [-0.2, 0) is 9.53 Å². The van der Waals surface area contributed by atoms with E-state index in [1.807, 2.05) is 6.92 Å². The second kappa shape index (κ2) is 11.4. The van der Waals surface area contributed by atoms with Gasteiger partial charge in [0.1, 0.15) is 11.4 Å². The minimum absolute atomic E-state index is 0.0365. The first-order valence-electron chi connectivity index (χ1n) is 10.2. The molecule has 9 nitrogen and oxygen atoms in total. The van der Waals surface area contributed by atoms with Gasteiger partial charge in [0.05, 0.1) is 19.8 Å². The topological polar surface area (TPSA) is 110 Å². The number of carbonyl (C=O) groups is 3. The standard InChI is InChI=1S/C21H26N4O5S/c1-2-11-30-16-5-3-15(4-6-16)18(26)7-8-19(27)23-24-20(28)17-14-31-21(22-17)25-9-12-29-13-10-25/h3-6,14H,2,7-13H2,1H3,(H,23,27)(H,24,28). The summed E-state index contributed by atoms with van der Waals surface area (Å²) in [4.78, 5) is 42.8. The van der Waals surface area contributed by atoms with Gasteiger partial charge >= 0.3 is 0 Å². The predicted octanol–water partition coefficient (Wildman–Crippen LogP) is 2.19. The van der Waals surface area contributed by atoms with E-state index >= 15 is 0 Å². The highest BCUT2D eigenvalue weighted by atomic mass is 32.1. The molecule has 0 spiro atoms. The molecular weight excluding hydrogens is 420 g/mol. The Morgan fingerprint density at radius 2 is 1.87 bits per heavy atom. The van der Waals surface area contributed by atoms with Crippen LogP contribution in [0.5, 0.6) is 5.75 Å². The number of amides is 2. The lowest BCUT2D eigenvalue weighted by molar-refractivity contribution is -0.121. The molecule has 166 valence electrons. The molecule has 2 amide bonds. The first-order valence-corrected chi connectivity index (χ1v) is 11.1. The molecule has 1 aromatic heterocycles. The third-order valence-corrected chi connectivity index (χ3v) is 5.45. The molecule has 1 fully saturated rings. The lowest BCUT2D eigenvalue weighted by Gasteiger charge is -2.25. The molecule has 1 aromatic carbocycles. The minimum atomic E-state index is -0.502. The molecule has 0 saturated carbocycles. The van der Waals surface area contributed by atoms with Crippen molar-refractivity contribution in [2.75, 3.05) is 37.8 Å². The van der Waals surface area contributed by atoms with Gasteiger partial charge in [-0.25, -0.2) is 4.98 Å². The number of morpholine rings is 1. The second-order valence-corrected chi connectivity index (χ2v) is 7.75. The van der Waals surface area contributed by atoms with E-state index in [0.29, 0.717) is 31.1 Å². The van der Waals surface area contributed by atoms with Crippen molar-refractivity contribution in [3.63, 3.8) is 0 Å². The van der Waals surface area contributed by atoms with Crippen molar-refractivity contribution in [3.8, 4) is 5.75 Å². The zero-order valence-corrected chi connectivity index (χ0v) is 18.2. The van der Waals surface area contributed by atoms with Crippen LogP contribution < -0.4 is 20.5 Å². The number of hydrazine groups is 1. The number of nitrogens with zero attached hydrogens (tertiary/aromatic N) is 2. The Morgan fingerprint density at radius 1 is 1.13 bits per heavy atom. The number of ketones is 1. The molecule has 1 saturated heterocycles. The van der Waals surface area contributed by atoms with Gasteiger partial charge in [-0.2, -0.15) is 0 Å². The smallest absolute Gasteiger partial charge is 0.289 e. The third-order valence-electron chi connectivity index (χ3n) is 4.55. The van der Waals surface area contributed by atoms with Crippen molar-refractivity contribution in [3.05, 3.63) is 40.9 Å². The van der Waals surface area contributed by atoms with Gasteiger partial charge in [0.2, 0.25) is 5.91 Å². The summed E-state index contributed by atoms with van der Waals surface area (Å²) >= 11 is 1.37. The summed E-state index contributed by atoms with van der Waals surface area (Å²) < 4.78 is 10.8. The molecule has 0 bridgehead atoms. The molecule has 1 aliphatic rings. The van der Waals surface area contributed by atoms with Crippen LogP contribution >= 0.6 is 11.3 Å². The third kappa shape index (κ3) is 6.76. The molecule has 2 heterocycles. The molecule has 31 heavy (non-hydrogen) atoms. The van der Waals surface area contributed by atoms with Gasteiger partial charge in [-0.3, -0.25) is 25.2 Å². The van der Waals surface area contributed by atoms with Crippen molar-refractivity contribution >= 4 is 34.1 Å². The maximum absolute atomic E-state index is 12.3. The number of Topliss-reactive ketones (excluding diaryl/α,β-unsaturated/α-hetero) is 1. The van der Waals surface area contributed by atoms with Crippen molar-refractivity contribution < 1.29 is 23.9 Å². The van der Waals surface area contributed by atoms with Gasteiger partial charge in [0, 0.05) is 36.9 Å². The summed E-state index contributed by atoms with van der Waals surface area (Å²) in [6.07, 6.45) is 0.905. The second-order valence-electron chi connectivity index (χ2n) is 6.91. The maximum atomic E-state index is 12.3. The molecule has 2 N–H and O–H groups in total. The average molecular weight is 447 g/mol. The number of aromatic nitrogens is 1. The highest BCUT2D eigenvalue weighted by Crippen LogP contribution is 2.21. The molecule has 2 aromatic rings. The van der Waals surface area contributed by atoms with Gasteiger partial charge < -0.3 is 14.4 Å². The van der Waals surface area contributed by atoms with E-state index in [0.717, 1.165) is 24.6 Å². The number of benzene rings is 1. The van der Waals surface area contributed by atoms with E-state index in [1.165, 1.54) is 11.3 Å². The van der Waals surface area contributed by atoms with Crippen molar-refractivity contribution in [1.29, 1.82) is 0 Å². The lowest BCUT2D eigenvalue weighted by atomic mass is 10.1. The molecule has 0 atom stereocenters.